The summed E-state index contributed by atoms with van der Waals surface area (Å²) in [6.07, 6.45) is 9.40. The molecule has 0 unspecified atom stereocenters. The predicted molar refractivity (Wildman–Crippen MR) is 259 cm³/mol. The molecule has 23 nitrogen and oxygen atoms in total. The van der Waals surface area contributed by atoms with Gasteiger partial charge in [-0.05, 0) is 76.7 Å². The first-order chi connectivity index (χ1) is 31.6. The number of rotatable bonds is 38. The standard InChI is InChI=1S/C44H85N15O8/c1-7-8-9-10-11-12-13-21-35(62)55-31(20-17-24-52-44(49)50)40(65)59-37(28(4)5)42(67)57-32(18-14-15-22-45)39(64)56-30(19-16-23-51-43(47)48)33(60)25-53-29(6)38(63)58-36(27(2)3)41(66)54-26-34(46)61/h27-32,36-37,53H,7-26,45H2,1-6H3,(H2,46,61)(H,54,66)(H,55,62)(H,56,64)(H,57,67)(H,58,63)(H,59,65)(H4,47,48,51)(H4,49,50,52)/t29-,30-,31-,32-,36-,37-/m0/s1. The SMILES string of the molecule is CCCCCCCCCC(=O)N[C@@H](CCCN=C(N)N)C(=O)N[C@H](C(=O)N[C@@H](CCCCN)C(=O)N[C@@H](CCCN=C(N)N)C(=O)CN[C@@H](C)C(=O)N[C@H](C(=O)NCC(N)=O)C(C)C)C(C)C. The molecule has 0 aromatic rings. The van der Waals surface area contributed by atoms with E-state index in [0.29, 0.717) is 32.2 Å². The summed E-state index contributed by atoms with van der Waals surface area (Å²) in [5, 5.41) is 18.9. The Hall–Kier alpha value is -5.58. The van der Waals surface area contributed by atoms with Crippen molar-refractivity contribution in [2.24, 2.45) is 56.2 Å². The lowest BCUT2D eigenvalue weighted by Crippen LogP contribution is -2.59. The number of primary amides is 1. The van der Waals surface area contributed by atoms with E-state index in [1.807, 2.05) is 0 Å². The number of carbonyl (C=O) groups excluding carboxylic acids is 8. The minimum Gasteiger partial charge on any atom is -0.370 e. The number of nitrogens with zero attached hydrogens (tertiary/aromatic N) is 2. The third-order valence-electron chi connectivity index (χ3n) is 10.7. The Morgan fingerprint density at radius 1 is 0.493 bits per heavy atom. The summed E-state index contributed by atoms with van der Waals surface area (Å²) in [6, 6.07) is -6.38. The zero-order chi connectivity index (χ0) is 50.9. The van der Waals surface area contributed by atoms with Crippen LogP contribution >= 0.6 is 0 Å². The second-order valence-electron chi connectivity index (χ2n) is 17.5. The largest absolute Gasteiger partial charge is 0.370 e. The third kappa shape index (κ3) is 28.9. The number of hydrogen-bond donors (Lipinski definition) is 13. The van der Waals surface area contributed by atoms with E-state index in [9.17, 15) is 38.4 Å². The number of amides is 7. The molecule has 19 N–H and O–H groups in total. The first kappa shape index (κ1) is 61.4. The van der Waals surface area contributed by atoms with Crippen LogP contribution < -0.4 is 71.6 Å². The van der Waals surface area contributed by atoms with Crippen LogP contribution in [0.1, 0.15) is 138 Å². The van der Waals surface area contributed by atoms with Crippen molar-refractivity contribution in [2.45, 2.75) is 174 Å². The molecule has 0 aromatic carbocycles. The normalized spacial score (nSPS) is 13.7. The van der Waals surface area contributed by atoms with Gasteiger partial charge in [0, 0.05) is 19.5 Å². The summed E-state index contributed by atoms with van der Waals surface area (Å²) in [5.74, 6) is -5.79. The van der Waals surface area contributed by atoms with Gasteiger partial charge >= 0.3 is 0 Å². The Morgan fingerprint density at radius 2 is 0.970 bits per heavy atom. The molecule has 384 valence electrons. The molecule has 0 bridgehead atoms. The van der Waals surface area contributed by atoms with E-state index < -0.39 is 89.9 Å². The zero-order valence-electron chi connectivity index (χ0n) is 40.9. The number of nitrogens with one attached hydrogen (secondary N) is 7. The number of hydrogen-bond acceptors (Lipinski definition) is 12. The molecular weight excluding hydrogens is 867 g/mol. The molecule has 6 atom stereocenters. The van der Waals surface area contributed by atoms with Crippen molar-refractivity contribution in [3.05, 3.63) is 0 Å². The Kier molecular flexibility index (Phi) is 32.6. The van der Waals surface area contributed by atoms with E-state index in [0.717, 1.165) is 32.1 Å². The Morgan fingerprint density at radius 3 is 1.51 bits per heavy atom. The first-order valence-corrected chi connectivity index (χ1v) is 23.8. The van der Waals surface area contributed by atoms with Crippen LogP contribution in [0.15, 0.2) is 9.98 Å². The molecule has 0 heterocycles. The van der Waals surface area contributed by atoms with Crippen LogP contribution in [0.3, 0.4) is 0 Å². The molecule has 0 aliphatic carbocycles. The van der Waals surface area contributed by atoms with Gasteiger partial charge in [0.15, 0.2) is 17.7 Å². The molecule has 23 heteroatoms. The van der Waals surface area contributed by atoms with Crippen molar-refractivity contribution >= 4 is 59.1 Å². The van der Waals surface area contributed by atoms with Crippen molar-refractivity contribution < 1.29 is 38.4 Å². The molecule has 0 saturated heterocycles. The van der Waals surface area contributed by atoms with E-state index in [-0.39, 0.29) is 75.5 Å². The summed E-state index contributed by atoms with van der Waals surface area (Å²) in [7, 11) is 0. The van der Waals surface area contributed by atoms with Gasteiger partial charge in [-0.3, -0.25) is 53.7 Å². The highest BCUT2D eigenvalue weighted by Gasteiger charge is 2.33. The van der Waals surface area contributed by atoms with Crippen molar-refractivity contribution in [3.63, 3.8) is 0 Å². The lowest BCUT2D eigenvalue weighted by Gasteiger charge is -2.28. The monoisotopic (exact) mass is 952 g/mol. The molecule has 0 spiro atoms. The van der Waals surface area contributed by atoms with Crippen LogP contribution in [0.4, 0.5) is 0 Å². The van der Waals surface area contributed by atoms with Gasteiger partial charge in [0.25, 0.3) is 0 Å². The summed E-state index contributed by atoms with van der Waals surface area (Å²) in [4.78, 5) is 113. The molecule has 0 fully saturated rings. The second-order valence-corrected chi connectivity index (χ2v) is 17.5. The van der Waals surface area contributed by atoms with Gasteiger partial charge in [-0.15, -0.1) is 0 Å². The number of Topliss-reactive ketones (excluding diaryl/α,β-unsaturated/α-hetero) is 1. The van der Waals surface area contributed by atoms with Gasteiger partial charge in [-0.2, -0.15) is 0 Å². The van der Waals surface area contributed by atoms with E-state index in [4.69, 9.17) is 34.4 Å². The van der Waals surface area contributed by atoms with Gasteiger partial charge in [0.1, 0.15) is 24.2 Å². The minimum absolute atomic E-state index is 0.0858. The summed E-state index contributed by atoms with van der Waals surface area (Å²) in [6.45, 7) is 10.4. The van der Waals surface area contributed by atoms with Gasteiger partial charge in [-0.1, -0.05) is 73.1 Å². The molecular formula is C44H85N15O8. The second kappa shape index (κ2) is 35.6. The van der Waals surface area contributed by atoms with E-state index >= 15 is 0 Å². The smallest absolute Gasteiger partial charge is 0.243 e. The average Bonchev–Trinajstić information content (AvgIpc) is 3.26. The fourth-order valence-electron chi connectivity index (χ4n) is 6.75. The number of unbranched alkanes of at least 4 members (excludes halogenated alkanes) is 7. The average molecular weight is 952 g/mol. The Bertz CT molecular complexity index is 1600. The summed E-state index contributed by atoms with van der Waals surface area (Å²) < 4.78 is 0. The van der Waals surface area contributed by atoms with Crippen LogP contribution in [-0.4, -0.2) is 128 Å². The fraction of sp³-hybridized carbons (Fsp3) is 0.773. The quantitative estimate of drug-likeness (QED) is 0.0186. The Labute approximate surface area is 396 Å². The molecule has 7 amide bonds. The van der Waals surface area contributed by atoms with Gasteiger partial charge in [0.05, 0.1) is 25.2 Å². The third-order valence-corrected chi connectivity index (χ3v) is 10.7. The molecule has 0 aromatic heterocycles. The fourth-order valence-corrected chi connectivity index (χ4v) is 6.75. The van der Waals surface area contributed by atoms with Crippen molar-refractivity contribution in [1.29, 1.82) is 0 Å². The highest BCUT2D eigenvalue weighted by Crippen LogP contribution is 2.12. The van der Waals surface area contributed by atoms with Gasteiger partial charge in [-0.25, -0.2) is 0 Å². The van der Waals surface area contributed by atoms with Crippen LogP contribution in [0.2, 0.25) is 0 Å². The zero-order valence-corrected chi connectivity index (χ0v) is 40.9. The highest BCUT2D eigenvalue weighted by molar-refractivity contribution is 5.97. The van der Waals surface area contributed by atoms with Crippen LogP contribution in [-0.2, 0) is 38.4 Å². The maximum absolute atomic E-state index is 14.0. The lowest BCUT2D eigenvalue weighted by atomic mass is 10.00. The lowest BCUT2D eigenvalue weighted by molar-refractivity contribution is -0.135. The molecule has 0 aliphatic heterocycles. The van der Waals surface area contributed by atoms with Gasteiger partial charge in [0.2, 0.25) is 41.4 Å². The van der Waals surface area contributed by atoms with Crippen LogP contribution in [0, 0.1) is 11.8 Å². The molecule has 0 saturated carbocycles. The van der Waals surface area contributed by atoms with E-state index in [2.05, 4.69) is 54.1 Å². The topological polar surface area (TPSA) is 402 Å². The highest BCUT2D eigenvalue weighted by atomic mass is 16.2. The van der Waals surface area contributed by atoms with Crippen LogP contribution in [0.25, 0.3) is 0 Å². The van der Waals surface area contributed by atoms with Crippen LogP contribution in [0.5, 0.6) is 0 Å². The molecule has 0 rings (SSSR count). The van der Waals surface area contributed by atoms with Crippen molar-refractivity contribution in [2.75, 3.05) is 32.7 Å². The van der Waals surface area contributed by atoms with E-state index in [1.54, 1.807) is 27.7 Å². The molecule has 67 heavy (non-hydrogen) atoms. The summed E-state index contributed by atoms with van der Waals surface area (Å²) >= 11 is 0. The first-order valence-electron chi connectivity index (χ1n) is 23.8. The molecule has 0 radical (unpaired) electrons. The number of ketones is 1. The Balaban J connectivity index is 6.19. The maximum Gasteiger partial charge on any atom is 0.243 e. The molecule has 0 aliphatic rings. The van der Waals surface area contributed by atoms with E-state index in [1.165, 1.54) is 13.3 Å². The number of aliphatic imine (C=N–C) groups is 2. The summed E-state index contributed by atoms with van der Waals surface area (Å²) in [5.41, 5.74) is 32.8. The minimum atomic E-state index is -1.16. The maximum atomic E-state index is 14.0. The number of nitrogens with two attached hydrogens (primary N) is 6. The number of guanidine groups is 2. The van der Waals surface area contributed by atoms with Gasteiger partial charge < -0.3 is 66.3 Å². The van der Waals surface area contributed by atoms with Crippen molar-refractivity contribution in [1.82, 2.24) is 37.2 Å². The predicted octanol–water partition coefficient (Wildman–Crippen LogP) is -1.75. The number of carbonyl (C=O) groups is 8. The van der Waals surface area contributed by atoms with Crippen molar-refractivity contribution in [3.8, 4) is 0 Å².